The molecule has 1 aliphatic rings. The molecule has 0 N–H and O–H groups in total. The van der Waals surface area contributed by atoms with E-state index in [4.69, 9.17) is 0 Å². The second-order valence-corrected chi connectivity index (χ2v) is 5.96. The average Bonchev–Trinajstić information content (AvgIpc) is 2.38. The average molecular weight is 313 g/mol. The van der Waals surface area contributed by atoms with Crippen molar-refractivity contribution in [3.8, 4) is 0 Å². The van der Waals surface area contributed by atoms with Crippen molar-refractivity contribution in [2.45, 2.75) is 39.0 Å². The molecule has 0 amide bonds. The lowest BCUT2D eigenvalue weighted by molar-refractivity contribution is 0.0816. The second kappa shape index (κ2) is 5.96. The number of hydrogen-bond acceptors (Lipinski definition) is 1. The number of carbonyl (C=O) groups excluding carboxylic acids is 1. The van der Waals surface area contributed by atoms with Gasteiger partial charge in [-0.1, -0.05) is 42.1 Å². The van der Waals surface area contributed by atoms with Gasteiger partial charge in [0.1, 0.15) is 5.82 Å². The third kappa shape index (κ3) is 2.82. The zero-order chi connectivity index (χ0) is 13.1. The summed E-state index contributed by atoms with van der Waals surface area (Å²) >= 11 is 3.22. The molecule has 18 heavy (non-hydrogen) atoms. The topological polar surface area (TPSA) is 17.1 Å². The number of benzene rings is 1. The number of ketones is 1. The Bertz CT molecular complexity index is 444. The lowest BCUT2D eigenvalue weighted by Crippen LogP contribution is -2.27. The fourth-order valence-electron chi connectivity index (χ4n) is 2.93. The maximum atomic E-state index is 13.8. The molecule has 0 aromatic heterocycles. The fourth-order valence-corrected chi connectivity index (χ4v) is 3.26. The largest absolute Gasteiger partial charge is 0.294 e. The van der Waals surface area contributed by atoms with E-state index in [9.17, 15) is 9.18 Å². The maximum Gasteiger partial charge on any atom is 0.169 e. The highest BCUT2D eigenvalue weighted by molar-refractivity contribution is 9.10. The summed E-state index contributed by atoms with van der Waals surface area (Å²) in [5.74, 6) is 0.0232. The van der Waals surface area contributed by atoms with Gasteiger partial charge in [0.15, 0.2) is 5.78 Å². The van der Waals surface area contributed by atoms with Crippen molar-refractivity contribution in [1.82, 2.24) is 0 Å². The number of rotatable bonds is 3. The highest BCUT2D eigenvalue weighted by Gasteiger charge is 2.31. The molecular weight excluding hydrogens is 295 g/mol. The first-order chi connectivity index (χ1) is 8.63. The lowest BCUT2D eigenvalue weighted by atomic mass is 9.74. The molecule has 2 unspecified atom stereocenters. The predicted octanol–water partition coefficient (Wildman–Crippen LogP) is 4.99. The van der Waals surface area contributed by atoms with Crippen LogP contribution in [0.15, 0.2) is 22.7 Å². The van der Waals surface area contributed by atoms with Gasteiger partial charge in [0.05, 0.1) is 5.56 Å². The van der Waals surface area contributed by atoms with E-state index in [2.05, 4.69) is 22.9 Å². The number of Topliss-reactive ketones (excluding diaryl/α,β-unsaturated/α-hetero) is 1. The van der Waals surface area contributed by atoms with Crippen LogP contribution in [0.3, 0.4) is 0 Å². The van der Waals surface area contributed by atoms with Gasteiger partial charge in [-0.05, 0) is 37.0 Å². The molecule has 1 saturated carbocycles. The first-order valence-corrected chi connectivity index (χ1v) is 7.42. The highest BCUT2D eigenvalue weighted by atomic mass is 79.9. The van der Waals surface area contributed by atoms with E-state index in [-0.39, 0.29) is 17.3 Å². The van der Waals surface area contributed by atoms with E-state index in [0.29, 0.717) is 10.4 Å². The van der Waals surface area contributed by atoms with Gasteiger partial charge in [-0.15, -0.1) is 0 Å². The molecule has 0 spiro atoms. The molecule has 3 heteroatoms. The van der Waals surface area contributed by atoms with Crippen LogP contribution in [-0.4, -0.2) is 5.78 Å². The zero-order valence-corrected chi connectivity index (χ0v) is 12.2. The normalized spacial score (nSPS) is 23.9. The Morgan fingerprint density at radius 1 is 1.39 bits per heavy atom. The van der Waals surface area contributed by atoms with Crippen LogP contribution in [0, 0.1) is 17.7 Å². The van der Waals surface area contributed by atoms with Crippen molar-refractivity contribution in [2.75, 3.05) is 0 Å². The maximum absolute atomic E-state index is 13.8. The molecule has 0 bridgehead atoms. The van der Waals surface area contributed by atoms with Gasteiger partial charge in [0, 0.05) is 10.4 Å². The number of halogens is 2. The van der Waals surface area contributed by atoms with Crippen molar-refractivity contribution in [1.29, 1.82) is 0 Å². The monoisotopic (exact) mass is 312 g/mol. The minimum absolute atomic E-state index is 0.00782. The van der Waals surface area contributed by atoms with Gasteiger partial charge in [-0.2, -0.15) is 0 Å². The lowest BCUT2D eigenvalue weighted by Gasteiger charge is -2.29. The van der Waals surface area contributed by atoms with Gasteiger partial charge in [0.2, 0.25) is 0 Å². The minimum Gasteiger partial charge on any atom is -0.294 e. The van der Waals surface area contributed by atoms with E-state index in [1.165, 1.54) is 12.5 Å². The molecule has 0 aliphatic heterocycles. The minimum atomic E-state index is -0.408. The van der Waals surface area contributed by atoms with Crippen LogP contribution >= 0.6 is 15.9 Å². The Labute approximate surface area is 116 Å². The van der Waals surface area contributed by atoms with Gasteiger partial charge in [-0.25, -0.2) is 4.39 Å². The molecular formula is C15H18BrFO. The first kappa shape index (κ1) is 13.7. The third-order valence-corrected chi connectivity index (χ3v) is 4.46. The third-order valence-electron chi connectivity index (χ3n) is 3.97. The molecule has 98 valence electrons. The molecule has 2 rings (SSSR count). The van der Waals surface area contributed by atoms with E-state index in [0.717, 1.165) is 25.7 Å². The summed E-state index contributed by atoms with van der Waals surface area (Å²) in [6.07, 6.45) is 5.31. The Morgan fingerprint density at radius 2 is 2.11 bits per heavy atom. The van der Waals surface area contributed by atoms with Crippen molar-refractivity contribution in [3.63, 3.8) is 0 Å². The molecule has 0 radical (unpaired) electrons. The van der Waals surface area contributed by atoms with Crippen LogP contribution in [0.5, 0.6) is 0 Å². The van der Waals surface area contributed by atoms with E-state index in [1.807, 2.05) is 0 Å². The van der Waals surface area contributed by atoms with Crippen LogP contribution in [0.25, 0.3) is 0 Å². The van der Waals surface area contributed by atoms with E-state index in [1.54, 1.807) is 12.1 Å². The van der Waals surface area contributed by atoms with Crippen LogP contribution < -0.4 is 0 Å². The predicted molar refractivity (Wildman–Crippen MR) is 74.2 cm³/mol. The van der Waals surface area contributed by atoms with Crippen LogP contribution in [0.2, 0.25) is 0 Å². The Balaban J connectivity index is 2.24. The summed E-state index contributed by atoms with van der Waals surface area (Å²) in [7, 11) is 0. The Hall–Kier alpha value is -0.700. The van der Waals surface area contributed by atoms with Crippen molar-refractivity contribution in [2.24, 2.45) is 11.8 Å². The molecule has 1 fully saturated rings. The summed E-state index contributed by atoms with van der Waals surface area (Å²) in [5.41, 5.74) is 0.253. The van der Waals surface area contributed by atoms with Gasteiger partial charge in [-0.3, -0.25) is 4.79 Å². The molecule has 1 aromatic rings. The fraction of sp³-hybridized carbons (Fsp3) is 0.533. The van der Waals surface area contributed by atoms with Crippen LogP contribution in [-0.2, 0) is 0 Å². The molecule has 1 nitrogen and oxygen atoms in total. The second-order valence-electron chi connectivity index (χ2n) is 5.05. The number of carbonyl (C=O) groups is 1. The molecule has 0 heterocycles. The molecule has 2 atom stereocenters. The number of hydrogen-bond donors (Lipinski definition) is 0. The summed E-state index contributed by atoms with van der Waals surface area (Å²) < 4.78 is 14.5. The van der Waals surface area contributed by atoms with Crippen LogP contribution in [0.1, 0.15) is 49.4 Å². The highest BCUT2D eigenvalue weighted by Crippen LogP contribution is 2.35. The van der Waals surface area contributed by atoms with E-state index < -0.39 is 5.82 Å². The van der Waals surface area contributed by atoms with Gasteiger partial charge >= 0.3 is 0 Å². The van der Waals surface area contributed by atoms with Crippen molar-refractivity contribution >= 4 is 21.7 Å². The first-order valence-electron chi connectivity index (χ1n) is 6.62. The van der Waals surface area contributed by atoms with Gasteiger partial charge < -0.3 is 0 Å². The summed E-state index contributed by atoms with van der Waals surface area (Å²) in [5, 5.41) is 0. The molecule has 0 saturated heterocycles. The Morgan fingerprint density at radius 3 is 2.78 bits per heavy atom. The van der Waals surface area contributed by atoms with Crippen LogP contribution in [0.4, 0.5) is 4.39 Å². The zero-order valence-electron chi connectivity index (χ0n) is 10.6. The quantitative estimate of drug-likeness (QED) is 0.719. The van der Waals surface area contributed by atoms with Gasteiger partial charge in [0.25, 0.3) is 0 Å². The van der Waals surface area contributed by atoms with Crippen molar-refractivity contribution in [3.05, 3.63) is 34.1 Å². The SMILES string of the molecule is CCC1CCCCC1C(=O)c1ccc(Br)cc1F. The summed E-state index contributed by atoms with van der Waals surface area (Å²) in [6.45, 7) is 2.12. The molecule has 1 aromatic carbocycles. The Kier molecular flexibility index (Phi) is 4.55. The smallest absolute Gasteiger partial charge is 0.169 e. The summed E-state index contributed by atoms with van der Waals surface area (Å²) in [4.78, 5) is 12.4. The van der Waals surface area contributed by atoms with Crippen molar-refractivity contribution < 1.29 is 9.18 Å². The standard InChI is InChI=1S/C15H18BrFO/c1-2-10-5-3-4-6-12(10)15(18)13-8-7-11(16)9-14(13)17/h7-10,12H,2-6H2,1H3. The molecule has 1 aliphatic carbocycles. The summed E-state index contributed by atoms with van der Waals surface area (Å²) in [6, 6.07) is 4.71. The van der Waals surface area contributed by atoms with E-state index >= 15 is 0 Å².